The third-order valence-corrected chi connectivity index (χ3v) is 1.79. The summed E-state index contributed by atoms with van der Waals surface area (Å²) in [6.07, 6.45) is 1.41. The van der Waals surface area contributed by atoms with Crippen LogP contribution in [-0.2, 0) is 6.42 Å². The smallest absolute Gasteiger partial charge is 0.201 e. The van der Waals surface area contributed by atoms with Crippen LogP contribution in [0.15, 0.2) is 6.07 Å². The Labute approximate surface area is 69.0 Å². The fraction of sp³-hybridized carbons (Fsp3) is 0.222. The highest BCUT2D eigenvalue weighted by molar-refractivity contribution is 5.37. The summed E-state index contributed by atoms with van der Waals surface area (Å²) in [5.74, 6) is -1.91. The third kappa shape index (κ3) is 1.05. The van der Waals surface area contributed by atoms with Crippen LogP contribution in [0.1, 0.15) is 12.0 Å². The van der Waals surface area contributed by atoms with E-state index in [2.05, 4.69) is 6.07 Å². The summed E-state index contributed by atoms with van der Waals surface area (Å²) in [5.41, 5.74) is 0.677. The van der Waals surface area contributed by atoms with E-state index in [0.717, 1.165) is 6.42 Å². The Morgan fingerprint density at radius 3 is 3.08 bits per heavy atom. The molecule has 0 saturated carbocycles. The predicted octanol–water partition coefficient (Wildman–Crippen LogP) is 2.25. The van der Waals surface area contributed by atoms with Crippen LogP contribution in [-0.4, -0.2) is 0 Å². The first-order valence-corrected chi connectivity index (χ1v) is 3.66. The highest BCUT2D eigenvalue weighted by Gasteiger charge is 2.18. The zero-order valence-corrected chi connectivity index (χ0v) is 6.23. The molecule has 2 radical (unpaired) electrons. The minimum absolute atomic E-state index is 0.0116. The maximum atomic E-state index is 12.9. The lowest BCUT2D eigenvalue weighted by molar-refractivity contribution is 0.334. The number of aryl methyl sites for hydroxylation is 1. The van der Waals surface area contributed by atoms with Crippen LogP contribution in [0.5, 0.6) is 5.75 Å². The second kappa shape index (κ2) is 2.73. The quantitative estimate of drug-likeness (QED) is 0.577. The van der Waals surface area contributed by atoms with Crippen LogP contribution < -0.4 is 4.74 Å². The van der Waals surface area contributed by atoms with Gasteiger partial charge in [-0.3, -0.25) is 0 Å². The van der Waals surface area contributed by atoms with E-state index < -0.39 is 11.6 Å². The average Bonchev–Trinajstić information content (AvgIpc) is 2.12. The van der Waals surface area contributed by atoms with Crippen molar-refractivity contribution in [1.82, 2.24) is 0 Å². The van der Waals surface area contributed by atoms with Crippen LogP contribution in [0.4, 0.5) is 8.78 Å². The van der Waals surface area contributed by atoms with Crippen molar-refractivity contribution in [2.45, 2.75) is 12.8 Å². The van der Waals surface area contributed by atoms with Crippen molar-refractivity contribution >= 4 is 0 Å². The molecule has 62 valence electrons. The van der Waals surface area contributed by atoms with Crippen molar-refractivity contribution in [3.05, 3.63) is 35.9 Å². The van der Waals surface area contributed by atoms with Crippen molar-refractivity contribution in [3.8, 4) is 5.75 Å². The fourth-order valence-corrected chi connectivity index (χ4v) is 1.19. The summed E-state index contributed by atoms with van der Waals surface area (Å²) < 4.78 is 30.4. The normalized spacial score (nSPS) is 15.2. The number of hydrogen-bond acceptors (Lipinski definition) is 1. The van der Waals surface area contributed by atoms with E-state index in [4.69, 9.17) is 4.74 Å². The van der Waals surface area contributed by atoms with Crippen LogP contribution in [0, 0.1) is 24.3 Å². The maximum Gasteiger partial charge on any atom is 0.201 e. The Bertz CT molecular complexity index is 310. The van der Waals surface area contributed by atoms with Gasteiger partial charge in [-0.05, 0) is 24.5 Å². The lowest BCUT2D eigenvalue weighted by atomic mass is 10.1. The number of halogens is 2. The minimum Gasteiger partial charge on any atom is -0.483 e. The molecular weight excluding hydrogens is 162 g/mol. The number of benzene rings is 1. The number of fused-ring (bicyclic) bond motifs is 1. The van der Waals surface area contributed by atoms with E-state index in [1.165, 1.54) is 12.7 Å². The summed E-state index contributed by atoms with van der Waals surface area (Å²) in [6.45, 7) is 1.48. The number of rotatable bonds is 0. The van der Waals surface area contributed by atoms with Gasteiger partial charge in [0.2, 0.25) is 5.82 Å². The van der Waals surface area contributed by atoms with Gasteiger partial charge in [-0.15, -0.1) is 0 Å². The molecule has 0 saturated heterocycles. The molecule has 1 aliphatic rings. The standard InChI is InChI=1S/C9H6F2O/c10-7-4-3-6-2-1-5-12-9(6)8(7)11/h3,5H,1-2H2. The zero-order chi connectivity index (χ0) is 8.55. The van der Waals surface area contributed by atoms with E-state index in [1.807, 2.05) is 0 Å². The van der Waals surface area contributed by atoms with Crippen LogP contribution >= 0.6 is 0 Å². The Morgan fingerprint density at radius 2 is 2.25 bits per heavy atom. The first kappa shape index (κ1) is 7.53. The van der Waals surface area contributed by atoms with Gasteiger partial charge in [-0.2, -0.15) is 4.39 Å². The molecule has 1 aliphatic heterocycles. The topological polar surface area (TPSA) is 9.23 Å². The first-order valence-electron chi connectivity index (χ1n) is 3.66. The summed E-state index contributed by atoms with van der Waals surface area (Å²) >= 11 is 0. The SMILES string of the molecule is Fc1[c]cc2c(c1F)O[CH]CC2. The van der Waals surface area contributed by atoms with Gasteiger partial charge in [0.05, 0.1) is 0 Å². The van der Waals surface area contributed by atoms with Crippen LogP contribution in [0.2, 0.25) is 0 Å². The van der Waals surface area contributed by atoms with Crippen LogP contribution in [0.3, 0.4) is 0 Å². The van der Waals surface area contributed by atoms with Crippen molar-refractivity contribution in [3.63, 3.8) is 0 Å². The monoisotopic (exact) mass is 168 g/mol. The molecule has 0 atom stereocenters. The van der Waals surface area contributed by atoms with Crippen LogP contribution in [0.25, 0.3) is 0 Å². The van der Waals surface area contributed by atoms with Gasteiger partial charge in [0.15, 0.2) is 11.6 Å². The summed E-state index contributed by atoms with van der Waals surface area (Å²) in [7, 11) is 0. The summed E-state index contributed by atoms with van der Waals surface area (Å²) in [4.78, 5) is 0. The molecule has 12 heavy (non-hydrogen) atoms. The second-order valence-electron chi connectivity index (χ2n) is 2.59. The van der Waals surface area contributed by atoms with Gasteiger partial charge < -0.3 is 4.74 Å². The molecular formula is C9H6F2O. The second-order valence-corrected chi connectivity index (χ2v) is 2.59. The van der Waals surface area contributed by atoms with Crippen molar-refractivity contribution in [2.24, 2.45) is 0 Å². The van der Waals surface area contributed by atoms with Gasteiger partial charge in [-0.1, -0.05) is 0 Å². The van der Waals surface area contributed by atoms with Crippen molar-refractivity contribution in [2.75, 3.05) is 0 Å². The van der Waals surface area contributed by atoms with Gasteiger partial charge in [0, 0.05) is 6.07 Å². The molecule has 1 nitrogen and oxygen atoms in total. The molecule has 0 spiro atoms. The van der Waals surface area contributed by atoms with E-state index in [9.17, 15) is 8.78 Å². The molecule has 0 unspecified atom stereocenters. The molecule has 0 aliphatic carbocycles. The number of hydrogen-bond donors (Lipinski definition) is 0. The molecule has 0 aromatic heterocycles. The highest BCUT2D eigenvalue weighted by Crippen LogP contribution is 2.30. The molecule has 0 bridgehead atoms. The van der Waals surface area contributed by atoms with E-state index in [1.54, 1.807) is 0 Å². The lowest BCUT2D eigenvalue weighted by Crippen LogP contribution is -2.06. The van der Waals surface area contributed by atoms with Crippen molar-refractivity contribution < 1.29 is 13.5 Å². The van der Waals surface area contributed by atoms with E-state index >= 15 is 0 Å². The van der Waals surface area contributed by atoms with E-state index in [-0.39, 0.29) is 5.75 Å². The molecule has 0 fully saturated rings. The highest BCUT2D eigenvalue weighted by atomic mass is 19.2. The molecule has 0 N–H and O–H groups in total. The predicted molar refractivity (Wildman–Crippen MR) is 38.4 cm³/mol. The van der Waals surface area contributed by atoms with Gasteiger partial charge in [0.25, 0.3) is 0 Å². The largest absolute Gasteiger partial charge is 0.483 e. The third-order valence-electron chi connectivity index (χ3n) is 1.79. The van der Waals surface area contributed by atoms with Gasteiger partial charge in [0.1, 0.15) is 6.61 Å². The Morgan fingerprint density at radius 1 is 1.42 bits per heavy atom. The minimum atomic E-state index is -0.982. The zero-order valence-electron chi connectivity index (χ0n) is 6.23. The average molecular weight is 168 g/mol. The van der Waals surface area contributed by atoms with E-state index in [0.29, 0.717) is 12.0 Å². The molecule has 1 aromatic rings. The molecule has 1 heterocycles. The Kier molecular flexibility index (Phi) is 1.71. The van der Waals surface area contributed by atoms with Gasteiger partial charge in [-0.25, -0.2) is 4.39 Å². The molecule has 2 rings (SSSR count). The number of ether oxygens (including phenoxy) is 1. The maximum absolute atomic E-state index is 12.9. The van der Waals surface area contributed by atoms with Gasteiger partial charge >= 0.3 is 0 Å². The Hall–Kier alpha value is -1.12. The molecule has 0 amide bonds. The first-order chi connectivity index (χ1) is 5.79. The fourth-order valence-electron chi connectivity index (χ4n) is 1.19. The molecule has 1 aromatic carbocycles. The van der Waals surface area contributed by atoms with Crippen molar-refractivity contribution in [1.29, 1.82) is 0 Å². The lowest BCUT2D eigenvalue weighted by Gasteiger charge is -2.16. The summed E-state index contributed by atoms with van der Waals surface area (Å²) in [5, 5.41) is 0. The molecule has 3 heteroatoms. The summed E-state index contributed by atoms with van der Waals surface area (Å²) in [6, 6.07) is 3.62. The Balaban J connectivity index is 2.54.